The number of hydrogen-bond acceptors (Lipinski definition) is 6. The molecule has 0 aliphatic rings. The van der Waals surface area contributed by atoms with Gasteiger partial charge in [0.1, 0.15) is 12.4 Å². The highest BCUT2D eigenvalue weighted by atomic mass is 16.6. The highest BCUT2D eigenvalue weighted by Crippen LogP contribution is 2.23. The number of ether oxygens (including phenoxy) is 1. The van der Waals surface area contributed by atoms with E-state index in [1.807, 2.05) is 42.5 Å². The van der Waals surface area contributed by atoms with E-state index < -0.39 is 4.92 Å². The zero-order valence-electron chi connectivity index (χ0n) is 15.9. The summed E-state index contributed by atoms with van der Waals surface area (Å²) < 4.78 is 5.35. The normalized spacial score (nSPS) is 10.5. The van der Waals surface area contributed by atoms with Crippen molar-refractivity contribution in [3.63, 3.8) is 0 Å². The number of hydrazone groups is 1. The fraction of sp³-hybridized carbons (Fsp3) is 0.0909. The first-order chi connectivity index (χ1) is 14.6. The van der Waals surface area contributed by atoms with E-state index in [1.54, 1.807) is 0 Å². The van der Waals surface area contributed by atoms with Crippen molar-refractivity contribution in [3.05, 3.63) is 76.3 Å². The van der Waals surface area contributed by atoms with Crippen LogP contribution in [0.1, 0.15) is 5.56 Å². The van der Waals surface area contributed by atoms with Crippen LogP contribution in [0.2, 0.25) is 0 Å². The van der Waals surface area contributed by atoms with Crippen molar-refractivity contribution in [1.29, 1.82) is 0 Å². The molecule has 0 aliphatic carbocycles. The van der Waals surface area contributed by atoms with Gasteiger partial charge in [0.2, 0.25) is 0 Å². The Morgan fingerprint density at radius 2 is 2.00 bits per heavy atom. The fourth-order valence-electron chi connectivity index (χ4n) is 2.77. The molecule has 8 heteroatoms. The Balaban J connectivity index is 1.64. The van der Waals surface area contributed by atoms with E-state index in [0.29, 0.717) is 11.3 Å². The SMILES string of the molecule is C#CCOc1ccc([N+](=O)[O-])cc1/C=N\NC(=O)CNc1cccc2ccccc12. The van der Waals surface area contributed by atoms with Crippen LogP contribution >= 0.6 is 0 Å². The number of fused-ring (bicyclic) bond motifs is 1. The van der Waals surface area contributed by atoms with Crippen LogP contribution in [0.5, 0.6) is 5.75 Å². The second-order valence-electron chi connectivity index (χ2n) is 6.15. The number of anilines is 1. The maximum atomic E-state index is 12.1. The molecule has 0 bridgehead atoms. The molecular formula is C22H18N4O4. The summed E-state index contributed by atoms with van der Waals surface area (Å²) in [5.41, 5.74) is 3.40. The molecule has 3 aromatic rings. The predicted molar refractivity (Wildman–Crippen MR) is 116 cm³/mol. The van der Waals surface area contributed by atoms with Gasteiger partial charge in [-0.2, -0.15) is 5.10 Å². The summed E-state index contributed by atoms with van der Waals surface area (Å²) >= 11 is 0. The number of carbonyl (C=O) groups excluding carboxylic acids is 1. The topological polar surface area (TPSA) is 106 Å². The zero-order chi connectivity index (χ0) is 21.3. The summed E-state index contributed by atoms with van der Waals surface area (Å²) in [4.78, 5) is 22.6. The largest absolute Gasteiger partial charge is 0.480 e. The highest BCUT2D eigenvalue weighted by molar-refractivity contribution is 5.95. The molecule has 3 rings (SSSR count). The summed E-state index contributed by atoms with van der Waals surface area (Å²) in [6, 6.07) is 17.6. The molecule has 0 saturated heterocycles. The summed E-state index contributed by atoms with van der Waals surface area (Å²) in [5, 5.41) is 20.0. The lowest BCUT2D eigenvalue weighted by Gasteiger charge is -2.09. The lowest BCUT2D eigenvalue weighted by atomic mass is 10.1. The lowest BCUT2D eigenvalue weighted by Crippen LogP contribution is -2.26. The van der Waals surface area contributed by atoms with Crippen LogP contribution in [0.15, 0.2) is 65.8 Å². The number of nitro benzene ring substituents is 1. The minimum Gasteiger partial charge on any atom is -0.480 e. The van der Waals surface area contributed by atoms with Crippen molar-refractivity contribution in [3.8, 4) is 18.1 Å². The molecule has 0 atom stereocenters. The molecule has 150 valence electrons. The molecule has 8 nitrogen and oxygen atoms in total. The van der Waals surface area contributed by atoms with Crippen molar-refractivity contribution < 1.29 is 14.5 Å². The van der Waals surface area contributed by atoms with Crippen LogP contribution in [-0.2, 0) is 4.79 Å². The molecule has 0 fully saturated rings. The smallest absolute Gasteiger partial charge is 0.270 e. The van der Waals surface area contributed by atoms with Crippen molar-refractivity contribution in [2.24, 2.45) is 5.10 Å². The third-order valence-corrected chi connectivity index (χ3v) is 4.14. The molecule has 0 unspecified atom stereocenters. The number of nitro groups is 1. The van der Waals surface area contributed by atoms with Crippen LogP contribution < -0.4 is 15.5 Å². The summed E-state index contributed by atoms with van der Waals surface area (Å²) in [6.07, 6.45) is 6.45. The number of nitrogens with one attached hydrogen (secondary N) is 2. The Morgan fingerprint density at radius 1 is 1.20 bits per heavy atom. The van der Waals surface area contributed by atoms with Gasteiger partial charge in [-0.25, -0.2) is 5.43 Å². The number of nitrogens with zero attached hydrogens (tertiary/aromatic N) is 2. The minimum atomic E-state index is -0.533. The van der Waals surface area contributed by atoms with E-state index in [-0.39, 0.29) is 24.7 Å². The Hall–Kier alpha value is -4.38. The molecular weight excluding hydrogens is 384 g/mol. The molecule has 0 aromatic heterocycles. The van der Waals surface area contributed by atoms with E-state index in [1.165, 1.54) is 24.4 Å². The Kier molecular flexibility index (Phi) is 6.59. The maximum absolute atomic E-state index is 12.1. The number of carbonyl (C=O) groups is 1. The molecule has 2 N–H and O–H groups in total. The molecule has 0 spiro atoms. The Morgan fingerprint density at radius 3 is 2.80 bits per heavy atom. The van der Waals surface area contributed by atoms with Crippen LogP contribution in [0.3, 0.4) is 0 Å². The van der Waals surface area contributed by atoms with E-state index >= 15 is 0 Å². The van der Waals surface area contributed by atoms with Crippen molar-refractivity contribution >= 4 is 34.3 Å². The molecule has 0 heterocycles. The van der Waals surface area contributed by atoms with Crippen molar-refractivity contribution in [2.75, 3.05) is 18.5 Å². The zero-order valence-corrected chi connectivity index (χ0v) is 15.9. The van der Waals surface area contributed by atoms with Gasteiger partial charge in [0.15, 0.2) is 0 Å². The molecule has 3 aromatic carbocycles. The Labute approximate surface area is 172 Å². The van der Waals surface area contributed by atoms with Gasteiger partial charge in [-0.1, -0.05) is 42.3 Å². The van der Waals surface area contributed by atoms with Gasteiger partial charge in [0.05, 0.1) is 17.7 Å². The van der Waals surface area contributed by atoms with Crippen LogP contribution in [0.25, 0.3) is 10.8 Å². The number of rotatable bonds is 8. The van der Waals surface area contributed by atoms with Crippen molar-refractivity contribution in [2.45, 2.75) is 0 Å². The van der Waals surface area contributed by atoms with Gasteiger partial charge < -0.3 is 10.1 Å². The molecule has 0 radical (unpaired) electrons. The quantitative estimate of drug-likeness (QED) is 0.260. The number of terminal acetylenes is 1. The lowest BCUT2D eigenvalue weighted by molar-refractivity contribution is -0.384. The molecule has 30 heavy (non-hydrogen) atoms. The van der Waals surface area contributed by atoms with Crippen molar-refractivity contribution in [1.82, 2.24) is 5.43 Å². The van der Waals surface area contributed by atoms with Gasteiger partial charge in [0, 0.05) is 28.8 Å². The third kappa shape index (κ3) is 5.11. The molecule has 1 amide bonds. The number of benzene rings is 3. The van der Waals surface area contributed by atoms with E-state index in [9.17, 15) is 14.9 Å². The highest BCUT2D eigenvalue weighted by Gasteiger charge is 2.11. The second kappa shape index (κ2) is 9.71. The first kappa shape index (κ1) is 20.4. The first-order valence-electron chi connectivity index (χ1n) is 8.96. The summed E-state index contributed by atoms with van der Waals surface area (Å²) in [5.74, 6) is 2.27. The number of non-ortho nitro benzene ring substituents is 1. The monoisotopic (exact) mass is 402 g/mol. The van der Waals surface area contributed by atoms with E-state index in [4.69, 9.17) is 11.2 Å². The second-order valence-corrected chi connectivity index (χ2v) is 6.15. The van der Waals surface area contributed by atoms with Gasteiger partial charge in [-0.05, 0) is 17.5 Å². The van der Waals surface area contributed by atoms with Crippen LogP contribution in [0, 0.1) is 22.5 Å². The van der Waals surface area contributed by atoms with Gasteiger partial charge >= 0.3 is 0 Å². The molecule has 0 saturated carbocycles. The maximum Gasteiger partial charge on any atom is 0.270 e. The summed E-state index contributed by atoms with van der Waals surface area (Å²) in [7, 11) is 0. The number of hydrogen-bond donors (Lipinski definition) is 2. The number of amides is 1. The summed E-state index contributed by atoms with van der Waals surface area (Å²) in [6.45, 7) is 0.000692. The molecule has 0 aliphatic heterocycles. The fourth-order valence-corrected chi connectivity index (χ4v) is 2.77. The van der Waals surface area contributed by atoms with Gasteiger partial charge in [-0.15, -0.1) is 6.42 Å². The van der Waals surface area contributed by atoms with Crippen LogP contribution in [0.4, 0.5) is 11.4 Å². The van der Waals surface area contributed by atoms with E-state index in [2.05, 4.69) is 21.8 Å². The third-order valence-electron chi connectivity index (χ3n) is 4.14. The van der Waals surface area contributed by atoms with E-state index in [0.717, 1.165) is 16.5 Å². The predicted octanol–water partition coefficient (Wildman–Crippen LogP) is 3.32. The standard InChI is InChI=1S/C22H18N4O4/c1-2-12-30-21-11-10-18(26(28)29)13-17(21)14-24-25-22(27)15-23-20-9-5-7-16-6-3-4-8-19(16)20/h1,3-11,13-14,23H,12,15H2,(H,25,27)/b24-14-. The average Bonchev–Trinajstić information content (AvgIpc) is 2.76. The van der Waals surface area contributed by atoms with Gasteiger partial charge in [-0.3, -0.25) is 14.9 Å². The Bertz CT molecular complexity index is 1150. The minimum absolute atomic E-state index is 0.0000376. The average molecular weight is 402 g/mol. The van der Waals surface area contributed by atoms with Crippen LogP contribution in [-0.4, -0.2) is 30.2 Å². The van der Waals surface area contributed by atoms with Gasteiger partial charge in [0.25, 0.3) is 11.6 Å². The first-order valence-corrected chi connectivity index (χ1v) is 8.96.